The van der Waals surface area contributed by atoms with Crippen LogP contribution >= 0.6 is 24.0 Å². The molecule has 2 rings (SSSR count). The van der Waals surface area contributed by atoms with Gasteiger partial charge in [0, 0.05) is 18.6 Å². The second kappa shape index (κ2) is 10.3. The summed E-state index contributed by atoms with van der Waals surface area (Å²) in [6, 6.07) is 0.835. The minimum Gasteiger partial charge on any atom is -0.354 e. The third kappa shape index (κ3) is 7.61. The Bertz CT molecular complexity index is 538. The molecule has 0 bridgehead atoms. The van der Waals surface area contributed by atoms with Crippen molar-refractivity contribution in [3.8, 4) is 0 Å². The van der Waals surface area contributed by atoms with Crippen LogP contribution < -0.4 is 10.6 Å². The lowest BCUT2D eigenvalue weighted by Crippen LogP contribution is -2.48. The predicted octanol–water partition coefficient (Wildman–Crippen LogP) is 3.20. The number of sulfone groups is 1. The number of rotatable bonds is 5. The second-order valence-corrected chi connectivity index (χ2v) is 10.2. The maximum absolute atomic E-state index is 11.6. The Morgan fingerprint density at radius 1 is 1.20 bits per heavy atom. The first-order valence-corrected chi connectivity index (χ1v) is 11.4. The van der Waals surface area contributed by atoms with Crippen LogP contribution in [-0.2, 0) is 9.84 Å². The Balaban J connectivity index is 0.00000312. The van der Waals surface area contributed by atoms with Gasteiger partial charge in [-0.15, -0.1) is 24.0 Å². The molecule has 0 amide bonds. The summed E-state index contributed by atoms with van der Waals surface area (Å²) in [7, 11) is -2.82. The molecule has 1 saturated carbocycles. The van der Waals surface area contributed by atoms with Crippen molar-refractivity contribution in [2.75, 3.05) is 18.1 Å². The summed E-state index contributed by atoms with van der Waals surface area (Å²) in [6.45, 7) is 9.59. The zero-order valence-corrected chi connectivity index (χ0v) is 19.3. The molecular weight excluding hydrogens is 449 g/mol. The van der Waals surface area contributed by atoms with Gasteiger partial charge in [-0.3, -0.25) is 4.99 Å². The SMILES string of the molecule is CCC(C)NC(=NCC1CCS(=O)(=O)C1)NC1CCC(C)C(C)C1.I. The highest BCUT2D eigenvalue weighted by Gasteiger charge is 2.28. The Morgan fingerprint density at radius 2 is 1.92 bits per heavy atom. The molecule has 7 heteroatoms. The number of hydrogen-bond donors (Lipinski definition) is 2. The van der Waals surface area contributed by atoms with Crippen LogP contribution in [0.1, 0.15) is 59.8 Å². The topological polar surface area (TPSA) is 70.6 Å². The largest absolute Gasteiger partial charge is 0.354 e. The van der Waals surface area contributed by atoms with Gasteiger partial charge in [-0.25, -0.2) is 8.42 Å². The molecule has 1 heterocycles. The number of guanidine groups is 1. The van der Waals surface area contributed by atoms with Crippen molar-refractivity contribution in [2.24, 2.45) is 22.7 Å². The number of aliphatic imine (C=N–C) groups is 1. The van der Waals surface area contributed by atoms with Crippen LogP contribution in [-0.4, -0.2) is 44.5 Å². The van der Waals surface area contributed by atoms with Crippen LogP contribution in [0, 0.1) is 17.8 Å². The summed E-state index contributed by atoms with van der Waals surface area (Å²) in [5, 5.41) is 7.08. The monoisotopic (exact) mass is 485 g/mol. The van der Waals surface area contributed by atoms with E-state index < -0.39 is 9.84 Å². The first-order valence-electron chi connectivity index (χ1n) is 9.57. The van der Waals surface area contributed by atoms with Gasteiger partial charge in [-0.2, -0.15) is 0 Å². The van der Waals surface area contributed by atoms with Gasteiger partial charge in [-0.05, 0) is 56.8 Å². The summed E-state index contributed by atoms with van der Waals surface area (Å²) >= 11 is 0. The van der Waals surface area contributed by atoms with E-state index in [9.17, 15) is 8.42 Å². The quantitative estimate of drug-likeness (QED) is 0.357. The molecule has 0 spiro atoms. The predicted molar refractivity (Wildman–Crippen MR) is 116 cm³/mol. The van der Waals surface area contributed by atoms with Crippen LogP contribution in [0.5, 0.6) is 0 Å². The summed E-state index contributed by atoms with van der Waals surface area (Å²) in [5.74, 6) is 3.20. The number of hydrogen-bond acceptors (Lipinski definition) is 3. The maximum atomic E-state index is 11.6. The molecule has 1 aliphatic heterocycles. The first kappa shape index (κ1) is 23.0. The summed E-state index contributed by atoms with van der Waals surface area (Å²) in [6.07, 6.45) is 5.41. The molecule has 5 unspecified atom stereocenters. The standard InChI is InChI=1S/C18H35N3O2S.HI/c1-5-15(4)20-18(19-11-16-8-9-24(22,23)12-16)21-17-7-6-13(2)14(3)10-17;/h13-17H,5-12H2,1-4H3,(H2,19,20,21);1H. The van der Waals surface area contributed by atoms with E-state index in [0.29, 0.717) is 30.1 Å². The molecule has 1 saturated heterocycles. The minimum absolute atomic E-state index is 0. The third-order valence-corrected chi connectivity index (χ3v) is 7.61. The van der Waals surface area contributed by atoms with Gasteiger partial charge in [0.2, 0.25) is 0 Å². The fourth-order valence-electron chi connectivity index (χ4n) is 3.58. The van der Waals surface area contributed by atoms with Crippen LogP contribution in [0.3, 0.4) is 0 Å². The van der Waals surface area contributed by atoms with Gasteiger partial charge in [0.25, 0.3) is 0 Å². The smallest absolute Gasteiger partial charge is 0.191 e. The maximum Gasteiger partial charge on any atom is 0.191 e. The molecular formula is C18H36IN3O2S. The van der Waals surface area contributed by atoms with Crippen molar-refractivity contribution in [3.05, 3.63) is 0 Å². The van der Waals surface area contributed by atoms with Crippen molar-refractivity contribution < 1.29 is 8.42 Å². The number of nitrogens with zero attached hydrogens (tertiary/aromatic N) is 1. The van der Waals surface area contributed by atoms with Crippen molar-refractivity contribution in [2.45, 2.75) is 71.9 Å². The van der Waals surface area contributed by atoms with E-state index in [4.69, 9.17) is 4.99 Å². The zero-order valence-electron chi connectivity index (χ0n) is 16.1. The summed E-state index contributed by atoms with van der Waals surface area (Å²) < 4.78 is 23.2. The molecule has 2 fully saturated rings. The van der Waals surface area contributed by atoms with Gasteiger partial charge in [0.1, 0.15) is 0 Å². The minimum atomic E-state index is -2.82. The van der Waals surface area contributed by atoms with Gasteiger partial charge < -0.3 is 10.6 Å². The third-order valence-electron chi connectivity index (χ3n) is 5.77. The Labute approximate surface area is 171 Å². The van der Waals surface area contributed by atoms with E-state index in [1.807, 2.05) is 0 Å². The molecule has 148 valence electrons. The fraction of sp³-hybridized carbons (Fsp3) is 0.944. The van der Waals surface area contributed by atoms with E-state index in [1.54, 1.807) is 0 Å². The first-order chi connectivity index (χ1) is 11.3. The Hall–Kier alpha value is -0.0500. The second-order valence-electron chi connectivity index (χ2n) is 8.02. The lowest BCUT2D eigenvalue weighted by Gasteiger charge is -2.33. The van der Waals surface area contributed by atoms with Crippen molar-refractivity contribution in [1.82, 2.24) is 10.6 Å². The van der Waals surface area contributed by atoms with Crippen LogP contribution in [0.25, 0.3) is 0 Å². The van der Waals surface area contributed by atoms with Crippen LogP contribution in [0.2, 0.25) is 0 Å². The molecule has 0 aromatic rings. The average Bonchev–Trinajstić information content (AvgIpc) is 2.87. The fourth-order valence-corrected chi connectivity index (χ4v) is 5.43. The highest BCUT2D eigenvalue weighted by molar-refractivity contribution is 14.0. The van der Waals surface area contributed by atoms with Gasteiger partial charge in [-0.1, -0.05) is 20.8 Å². The van der Waals surface area contributed by atoms with Crippen molar-refractivity contribution in [3.63, 3.8) is 0 Å². The number of halogens is 1. The van der Waals surface area contributed by atoms with Crippen LogP contribution in [0.4, 0.5) is 0 Å². The molecule has 0 aromatic heterocycles. The molecule has 1 aliphatic carbocycles. The van der Waals surface area contributed by atoms with Crippen molar-refractivity contribution in [1.29, 1.82) is 0 Å². The Kier molecular flexibility index (Phi) is 9.50. The van der Waals surface area contributed by atoms with E-state index in [0.717, 1.165) is 30.6 Å². The Morgan fingerprint density at radius 3 is 2.48 bits per heavy atom. The molecule has 25 heavy (non-hydrogen) atoms. The summed E-state index contributed by atoms with van der Waals surface area (Å²) in [4.78, 5) is 4.73. The van der Waals surface area contributed by atoms with E-state index in [1.165, 1.54) is 19.3 Å². The highest BCUT2D eigenvalue weighted by Crippen LogP contribution is 2.29. The average molecular weight is 485 g/mol. The zero-order chi connectivity index (χ0) is 17.7. The van der Waals surface area contributed by atoms with Gasteiger partial charge in [0.15, 0.2) is 15.8 Å². The van der Waals surface area contributed by atoms with E-state index in [-0.39, 0.29) is 29.9 Å². The van der Waals surface area contributed by atoms with Crippen LogP contribution in [0.15, 0.2) is 4.99 Å². The van der Waals surface area contributed by atoms with E-state index >= 15 is 0 Å². The molecule has 5 atom stereocenters. The number of nitrogens with one attached hydrogen (secondary N) is 2. The molecule has 0 radical (unpaired) electrons. The lowest BCUT2D eigenvalue weighted by atomic mass is 9.79. The highest BCUT2D eigenvalue weighted by atomic mass is 127. The molecule has 2 aliphatic rings. The molecule has 0 aromatic carbocycles. The van der Waals surface area contributed by atoms with Crippen molar-refractivity contribution >= 4 is 39.8 Å². The van der Waals surface area contributed by atoms with Gasteiger partial charge >= 0.3 is 0 Å². The lowest BCUT2D eigenvalue weighted by molar-refractivity contribution is 0.239. The summed E-state index contributed by atoms with van der Waals surface area (Å²) in [5.41, 5.74) is 0. The molecule has 5 nitrogen and oxygen atoms in total. The normalized spacial score (nSPS) is 33.4. The van der Waals surface area contributed by atoms with Gasteiger partial charge in [0.05, 0.1) is 11.5 Å². The van der Waals surface area contributed by atoms with E-state index in [2.05, 4.69) is 38.3 Å². The molecule has 2 N–H and O–H groups in total.